The lowest BCUT2D eigenvalue weighted by Crippen LogP contribution is -2.10. The molecule has 0 saturated heterocycles. The maximum Gasteiger partial charge on any atom is 0.177 e. The Bertz CT molecular complexity index is 142. The summed E-state index contributed by atoms with van der Waals surface area (Å²) in [5.74, 6) is 5.72. The van der Waals surface area contributed by atoms with Crippen molar-refractivity contribution in [1.29, 1.82) is 0 Å². The highest BCUT2D eigenvalue weighted by Crippen LogP contribution is 2.07. The van der Waals surface area contributed by atoms with E-state index in [1.165, 1.54) is 11.8 Å². The molecule has 0 rings (SSSR count). The normalized spacial score (nSPS) is 11.5. The zero-order valence-corrected chi connectivity index (χ0v) is 6.95. The van der Waals surface area contributed by atoms with Crippen LogP contribution in [-0.2, 0) is 0 Å². The van der Waals surface area contributed by atoms with Gasteiger partial charge in [-0.05, 0) is 6.42 Å². The maximum atomic E-state index is 5.32. The van der Waals surface area contributed by atoms with Crippen LogP contribution in [0.2, 0.25) is 0 Å². The monoisotopic (exact) mass is 159 g/mol. The maximum absolute atomic E-state index is 5.32. The molecule has 0 saturated carbocycles. The summed E-state index contributed by atoms with van der Waals surface area (Å²) >= 11 is 1.41. The Hall–Kier alpha value is -0.640. The summed E-state index contributed by atoms with van der Waals surface area (Å²) in [6, 6.07) is 0. The van der Waals surface area contributed by atoms with Gasteiger partial charge in [-0.15, -0.1) is 0 Å². The minimum absolute atomic E-state index is 0.412. The van der Waals surface area contributed by atoms with Crippen LogP contribution >= 0.6 is 11.8 Å². The van der Waals surface area contributed by atoms with Crippen LogP contribution in [0.4, 0.5) is 0 Å². The third-order valence-corrected chi connectivity index (χ3v) is 2.01. The van der Waals surface area contributed by atoms with E-state index in [4.69, 9.17) is 11.6 Å². The second-order valence-electron chi connectivity index (χ2n) is 1.86. The standard InChI is InChI=1S/C6H13N3S/c1-3-5(2)4-10-6(7)9-8/h2-4,8H2,1H3,(H2,7,9). The van der Waals surface area contributed by atoms with Crippen molar-refractivity contribution in [3.05, 3.63) is 12.2 Å². The molecule has 0 unspecified atom stereocenters. The molecule has 0 aliphatic heterocycles. The van der Waals surface area contributed by atoms with Gasteiger partial charge in [0.2, 0.25) is 0 Å². The van der Waals surface area contributed by atoms with Crippen LogP contribution in [-0.4, -0.2) is 10.9 Å². The van der Waals surface area contributed by atoms with Crippen LogP contribution < -0.4 is 11.6 Å². The fourth-order valence-corrected chi connectivity index (χ4v) is 0.946. The van der Waals surface area contributed by atoms with E-state index >= 15 is 0 Å². The SMILES string of the molecule is C=C(CC)CSC(N)=NN. The first-order valence-electron chi connectivity index (χ1n) is 3.03. The summed E-state index contributed by atoms with van der Waals surface area (Å²) in [6.07, 6.45) is 0.977. The fourth-order valence-electron chi connectivity index (χ4n) is 0.315. The highest BCUT2D eigenvalue weighted by atomic mass is 32.2. The van der Waals surface area contributed by atoms with Crippen LogP contribution in [0, 0.1) is 0 Å². The van der Waals surface area contributed by atoms with Gasteiger partial charge >= 0.3 is 0 Å². The Morgan fingerprint density at radius 3 is 2.70 bits per heavy atom. The summed E-state index contributed by atoms with van der Waals surface area (Å²) in [6.45, 7) is 5.86. The summed E-state index contributed by atoms with van der Waals surface area (Å²) < 4.78 is 0. The van der Waals surface area contributed by atoms with Crippen molar-refractivity contribution in [2.24, 2.45) is 16.7 Å². The lowest BCUT2D eigenvalue weighted by atomic mass is 10.3. The Balaban J connectivity index is 3.45. The third kappa shape index (κ3) is 4.26. The molecule has 0 aliphatic rings. The molecule has 58 valence electrons. The minimum atomic E-state index is 0.412. The van der Waals surface area contributed by atoms with E-state index in [1.807, 2.05) is 0 Å². The highest BCUT2D eigenvalue weighted by molar-refractivity contribution is 8.13. The van der Waals surface area contributed by atoms with Gasteiger partial charge in [-0.3, -0.25) is 0 Å². The lowest BCUT2D eigenvalue weighted by molar-refractivity contribution is 1.12. The van der Waals surface area contributed by atoms with E-state index in [2.05, 4.69) is 18.6 Å². The summed E-state index contributed by atoms with van der Waals surface area (Å²) in [5.41, 5.74) is 6.47. The molecular formula is C6H13N3S. The van der Waals surface area contributed by atoms with Gasteiger partial charge in [0.1, 0.15) is 0 Å². The predicted molar refractivity (Wildman–Crippen MR) is 47.7 cm³/mol. The number of rotatable bonds is 3. The Kier molecular flexibility index (Phi) is 4.84. The van der Waals surface area contributed by atoms with E-state index in [9.17, 15) is 0 Å². The predicted octanol–water partition coefficient (Wildman–Crippen LogP) is 0.874. The number of hydrogen-bond donors (Lipinski definition) is 2. The molecule has 0 amide bonds. The first-order chi connectivity index (χ1) is 4.70. The van der Waals surface area contributed by atoms with Crippen molar-refractivity contribution < 1.29 is 0 Å². The van der Waals surface area contributed by atoms with Gasteiger partial charge in [0, 0.05) is 5.75 Å². The van der Waals surface area contributed by atoms with Gasteiger partial charge < -0.3 is 11.6 Å². The van der Waals surface area contributed by atoms with Crippen molar-refractivity contribution in [3.8, 4) is 0 Å². The van der Waals surface area contributed by atoms with Gasteiger partial charge in [0.05, 0.1) is 0 Å². The Morgan fingerprint density at radius 2 is 2.30 bits per heavy atom. The summed E-state index contributed by atoms with van der Waals surface area (Å²) in [7, 11) is 0. The number of hydrazone groups is 1. The molecule has 0 radical (unpaired) electrons. The van der Waals surface area contributed by atoms with Crippen molar-refractivity contribution >= 4 is 16.9 Å². The highest BCUT2D eigenvalue weighted by Gasteiger charge is 1.94. The molecule has 4 N–H and O–H groups in total. The molecule has 10 heavy (non-hydrogen) atoms. The number of nitrogens with two attached hydrogens (primary N) is 2. The van der Waals surface area contributed by atoms with Crippen LogP contribution in [0.5, 0.6) is 0 Å². The van der Waals surface area contributed by atoms with Crippen LogP contribution in [0.3, 0.4) is 0 Å². The molecule has 0 aromatic heterocycles. The van der Waals surface area contributed by atoms with E-state index in [-0.39, 0.29) is 0 Å². The van der Waals surface area contributed by atoms with E-state index in [1.54, 1.807) is 0 Å². The van der Waals surface area contributed by atoms with Crippen LogP contribution in [0.25, 0.3) is 0 Å². The van der Waals surface area contributed by atoms with E-state index < -0.39 is 0 Å². The summed E-state index contributed by atoms with van der Waals surface area (Å²) in [5, 5.41) is 3.72. The fraction of sp³-hybridized carbons (Fsp3) is 0.500. The lowest BCUT2D eigenvalue weighted by Gasteiger charge is -1.99. The van der Waals surface area contributed by atoms with Gasteiger partial charge in [0.15, 0.2) is 5.17 Å². The summed E-state index contributed by atoms with van der Waals surface area (Å²) in [4.78, 5) is 0. The molecule has 0 spiro atoms. The number of nitrogens with zero attached hydrogens (tertiary/aromatic N) is 1. The Morgan fingerprint density at radius 1 is 1.70 bits per heavy atom. The molecule has 0 aromatic rings. The second-order valence-corrected chi connectivity index (χ2v) is 2.86. The van der Waals surface area contributed by atoms with Crippen molar-refractivity contribution in [2.45, 2.75) is 13.3 Å². The third-order valence-electron chi connectivity index (χ3n) is 1.05. The molecule has 3 nitrogen and oxygen atoms in total. The molecule has 4 heteroatoms. The molecule has 0 aliphatic carbocycles. The molecular weight excluding hydrogens is 146 g/mol. The molecule has 0 heterocycles. The van der Waals surface area contributed by atoms with Gasteiger partial charge in [-0.2, -0.15) is 5.10 Å². The topological polar surface area (TPSA) is 64.4 Å². The largest absolute Gasteiger partial charge is 0.377 e. The first kappa shape index (κ1) is 9.36. The molecule has 0 bridgehead atoms. The molecule has 0 fully saturated rings. The van der Waals surface area contributed by atoms with E-state index in [0.717, 1.165) is 17.7 Å². The quantitative estimate of drug-likeness (QED) is 0.211. The zero-order chi connectivity index (χ0) is 7.98. The van der Waals surface area contributed by atoms with Crippen LogP contribution in [0.15, 0.2) is 17.3 Å². The first-order valence-corrected chi connectivity index (χ1v) is 4.02. The number of thioether (sulfide) groups is 1. The zero-order valence-electron chi connectivity index (χ0n) is 6.13. The number of amidine groups is 1. The van der Waals surface area contributed by atoms with E-state index in [0.29, 0.717) is 5.17 Å². The average Bonchev–Trinajstić information content (AvgIpc) is 1.99. The minimum Gasteiger partial charge on any atom is -0.377 e. The second kappa shape index (κ2) is 5.17. The van der Waals surface area contributed by atoms with Crippen molar-refractivity contribution in [3.63, 3.8) is 0 Å². The van der Waals surface area contributed by atoms with Crippen molar-refractivity contribution in [1.82, 2.24) is 0 Å². The van der Waals surface area contributed by atoms with Crippen molar-refractivity contribution in [2.75, 3.05) is 5.75 Å². The molecule has 0 atom stereocenters. The van der Waals surface area contributed by atoms with Crippen LogP contribution in [0.1, 0.15) is 13.3 Å². The number of hydrogen-bond acceptors (Lipinski definition) is 3. The van der Waals surface area contributed by atoms with Gasteiger partial charge in [0.25, 0.3) is 0 Å². The average molecular weight is 159 g/mol. The molecule has 0 aromatic carbocycles. The van der Waals surface area contributed by atoms with Gasteiger partial charge in [-0.25, -0.2) is 0 Å². The van der Waals surface area contributed by atoms with Gasteiger partial charge in [-0.1, -0.05) is 30.8 Å². The smallest absolute Gasteiger partial charge is 0.177 e. The Labute approximate surface area is 65.5 Å².